The molecule has 10 heteroatoms. The van der Waals surface area contributed by atoms with Crippen LogP contribution in [0.15, 0.2) is 23.4 Å². The molecule has 3 atom stereocenters. The van der Waals surface area contributed by atoms with Gasteiger partial charge in [-0.25, -0.2) is 22.2 Å². The molecule has 0 spiro atoms. The van der Waals surface area contributed by atoms with Gasteiger partial charge in [0.15, 0.2) is 0 Å². The average Bonchev–Trinajstić information content (AvgIpc) is 3.31. The summed E-state index contributed by atoms with van der Waals surface area (Å²) in [5.41, 5.74) is 8.18. The molecule has 0 unspecified atom stereocenters. The van der Waals surface area contributed by atoms with Crippen molar-refractivity contribution < 1.29 is 21.9 Å². The maximum Gasteiger partial charge on any atom is 0.228 e. The van der Waals surface area contributed by atoms with Gasteiger partial charge < -0.3 is 15.0 Å². The van der Waals surface area contributed by atoms with E-state index < -0.39 is 33.6 Å². The quantitative estimate of drug-likeness (QED) is 0.786. The molecule has 30 heavy (non-hydrogen) atoms. The van der Waals surface area contributed by atoms with E-state index >= 15 is 0 Å². The number of ether oxygens (including phenoxy) is 1. The van der Waals surface area contributed by atoms with Crippen LogP contribution in [0, 0.1) is 11.6 Å². The summed E-state index contributed by atoms with van der Waals surface area (Å²) in [4.78, 5) is 6.62. The lowest BCUT2D eigenvalue weighted by Gasteiger charge is -2.38. The monoisotopic (exact) mass is 438 g/mol. The fourth-order valence-electron chi connectivity index (χ4n) is 4.60. The molecule has 3 aliphatic rings. The van der Waals surface area contributed by atoms with Crippen LogP contribution in [0.1, 0.15) is 48.4 Å². The minimum atomic E-state index is -3.39. The molecule has 0 bridgehead atoms. The molecular weight excluding hydrogens is 414 g/mol. The second kappa shape index (κ2) is 7.08. The number of rotatable bonds is 4. The van der Waals surface area contributed by atoms with Crippen molar-refractivity contribution in [1.82, 2.24) is 14.5 Å². The zero-order valence-corrected chi connectivity index (χ0v) is 17.4. The van der Waals surface area contributed by atoms with Gasteiger partial charge in [0.25, 0.3) is 0 Å². The number of halogens is 2. The first kappa shape index (κ1) is 20.0. The highest BCUT2D eigenvalue weighted by molar-refractivity contribution is 7.90. The first-order valence-corrected chi connectivity index (χ1v) is 12.0. The lowest BCUT2D eigenvalue weighted by molar-refractivity contribution is -0.0536. The van der Waals surface area contributed by atoms with Crippen molar-refractivity contribution in [2.24, 2.45) is 5.73 Å². The number of nitrogens with two attached hydrogens (primary N) is 1. The number of hydrogen-bond donors (Lipinski definition) is 1. The van der Waals surface area contributed by atoms with Gasteiger partial charge in [-0.15, -0.1) is 0 Å². The Labute approximate surface area is 173 Å². The van der Waals surface area contributed by atoms with E-state index in [4.69, 9.17) is 10.5 Å². The highest BCUT2D eigenvalue weighted by Crippen LogP contribution is 2.42. The number of aromatic nitrogens is 2. The average molecular weight is 439 g/mol. The zero-order chi connectivity index (χ0) is 21.2. The van der Waals surface area contributed by atoms with Crippen LogP contribution in [0.4, 0.5) is 8.78 Å². The fraction of sp³-hybridized carbons (Fsp3) is 0.550. The molecule has 0 amide bonds. The molecule has 1 saturated heterocycles. The van der Waals surface area contributed by atoms with Crippen LogP contribution >= 0.6 is 0 Å². The predicted octanol–water partition coefficient (Wildman–Crippen LogP) is 2.07. The summed E-state index contributed by atoms with van der Waals surface area (Å²) in [7, 11) is -3.39. The molecular formula is C20H24F2N4O3S. The van der Waals surface area contributed by atoms with E-state index in [1.807, 2.05) is 4.57 Å². The molecule has 0 radical (unpaired) electrons. The second-order valence-electron chi connectivity index (χ2n) is 8.54. The molecule has 2 N–H and O–H groups in total. The lowest BCUT2D eigenvalue weighted by atomic mass is 9.93. The highest BCUT2D eigenvalue weighted by Gasteiger charge is 2.41. The maximum atomic E-state index is 14.2. The van der Waals surface area contributed by atoms with E-state index in [0.717, 1.165) is 42.4 Å². The van der Waals surface area contributed by atoms with E-state index in [0.29, 0.717) is 26.1 Å². The first-order valence-electron chi connectivity index (χ1n) is 10.1. The van der Waals surface area contributed by atoms with Crippen molar-refractivity contribution in [1.29, 1.82) is 0 Å². The van der Waals surface area contributed by atoms with Crippen LogP contribution in [-0.2, 0) is 27.7 Å². The van der Waals surface area contributed by atoms with E-state index in [9.17, 15) is 17.2 Å². The van der Waals surface area contributed by atoms with Gasteiger partial charge in [-0.2, -0.15) is 0 Å². The first-order chi connectivity index (χ1) is 14.2. The Balaban J connectivity index is 1.33. The Morgan fingerprint density at radius 1 is 1.20 bits per heavy atom. The van der Waals surface area contributed by atoms with Crippen molar-refractivity contribution in [2.45, 2.75) is 61.7 Å². The van der Waals surface area contributed by atoms with E-state index in [-0.39, 0.29) is 22.8 Å². The van der Waals surface area contributed by atoms with Crippen LogP contribution in [0.25, 0.3) is 0 Å². The molecule has 1 aromatic carbocycles. The molecule has 2 aliphatic heterocycles. The summed E-state index contributed by atoms with van der Waals surface area (Å²) in [5, 5.41) is 0.160. The fourth-order valence-corrected chi connectivity index (χ4v) is 5.50. The third-order valence-electron chi connectivity index (χ3n) is 6.19. The Morgan fingerprint density at radius 3 is 2.63 bits per heavy atom. The molecule has 162 valence electrons. The Kier molecular flexibility index (Phi) is 4.73. The number of nitrogens with zero attached hydrogens (tertiary/aromatic N) is 3. The standard InChI is InChI=1S/C20H24F2N4O3S/c1-30(27,28)20-24-17-8-25(9-18(17)26(20)12-3-4-12)13-7-16(23)19(29-10-13)14-6-11(21)2-5-15(14)22/h2,5-6,12-13,16,19H,3-4,7-10,23H2,1H3/t13-,16+,19-/m1/s1. The van der Waals surface area contributed by atoms with Crippen LogP contribution in [-0.4, -0.2) is 47.8 Å². The Hall–Kier alpha value is -1.88. The maximum absolute atomic E-state index is 14.2. The second-order valence-corrected chi connectivity index (χ2v) is 10.4. The summed E-state index contributed by atoms with van der Waals surface area (Å²) in [5.74, 6) is -1.05. The topological polar surface area (TPSA) is 90.5 Å². The molecule has 2 aromatic rings. The van der Waals surface area contributed by atoms with Crippen molar-refractivity contribution in [3.8, 4) is 0 Å². The van der Waals surface area contributed by atoms with Crippen molar-refractivity contribution in [2.75, 3.05) is 12.9 Å². The van der Waals surface area contributed by atoms with Crippen molar-refractivity contribution in [3.63, 3.8) is 0 Å². The zero-order valence-electron chi connectivity index (χ0n) is 16.6. The van der Waals surface area contributed by atoms with E-state index in [1.165, 1.54) is 6.26 Å². The summed E-state index contributed by atoms with van der Waals surface area (Å²) in [6.07, 6.45) is 2.98. The van der Waals surface area contributed by atoms with Gasteiger partial charge in [0.1, 0.15) is 17.7 Å². The minimum Gasteiger partial charge on any atom is -0.370 e. The van der Waals surface area contributed by atoms with E-state index in [1.54, 1.807) is 0 Å². The van der Waals surface area contributed by atoms with Crippen molar-refractivity contribution in [3.05, 3.63) is 46.8 Å². The normalized spacial score (nSPS) is 27.4. The van der Waals surface area contributed by atoms with Crippen LogP contribution < -0.4 is 5.73 Å². The number of sulfone groups is 1. The predicted molar refractivity (Wildman–Crippen MR) is 104 cm³/mol. The van der Waals surface area contributed by atoms with E-state index in [2.05, 4.69) is 9.88 Å². The third kappa shape index (κ3) is 3.45. The molecule has 7 nitrogen and oxygen atoms in total. The van der Waals surface area contributed by atoms with Gasteiger partial charge in [0, 0.05) is 43.0 Å². The molecule has 3 heterocycles. The van der Waals surface area contributed by atoms with Gasteiger partial charge >= 0.3 is 0 Å². The Bertz CT molecular complexity index is 1100. The summed E-state index contributed by atoms with van der Waals surface area (Å²) < 4.78 is 59.8. The number of imidazole rings is 1. The molecule has 1 aliphatic carbocycles. The van der Waals surface area contributed by atoms with Crippen LogP contribution in [0.3, 0.4) is 0 Å². The molecule has 1 aromatic heterocycles. The molecule has 2 fully saturated rings. The number of benzene rings is 1. The SMILES string of the molecule is CS(=O)(=O)c1nc2c(n1C1CC1)CN([C@H]1CO[C@H](c3cc(F)ccc3F)[C@@H](N)C1)C2. The lowest BCUT2D eigenvalue weighted by Crippen LogP contribution is -2.48. The van der Waals surface area contributed by atoms with Crippen LogP contribution in [0.2, 0.25) is 0 Å². The molecule has 1 saturated carbocycles. The number of hydrogen-bond acceptors (Lipinski definition) is 6. The summed E-state index contributed by atoms with van der Waals surface area (Å²) in [6.45, 7) is 1.44. The van der Waals surface area contributed by atoms with Gasteiger partial charge in [-0.05, 0) is 37.5 Å². The summed E-state index contributed by atoms with van der Waals surface area (Å²) >= 11 is 0. The number of fused-ring (bicyclic) bond motifs is 1. The van der Waals surface area contributed by atoms with Gasteiger partial charge in [0.05, 0.1) is 18.0 Å². The van der Waals surface area contributed by atoms with Gasteiger partial charge in [-0.3, -0.25) is 4.90 Å². The van der Waals surface area contributed by atoms with Gasteiger partial charge in [0.2, 0.25) is 15.0 Å². The van der Waals surface area contributed by atoms with Crippen molar-refractivity contribution >= 4 is 9.84 Å². The highest BCUT2D eigenvalue weighted by atomic mass is 32.2. The van der Waals surface area contributed by atoms with Gasteiger partial charge in [-0.1, -0.05) is 0 Å². The molecule has 5 rings (SSSR count). The summed E-state index contributed by atoms with van der Waals surface area (Å²) in [6, 6.07) is 3.02. The third-order valence-corrected chi connectivity index (χ3v) is 7.14. The Morgan fingerprint density at radius 2 is 1.97 bits per heavy atom. The minimum absolute atomic E-state index is 0.00333. The van der Waals surface area contributed by atoms with Crippen LogP contribution in [0.5, 0.6) is 0 Å². The smallest absolute Gasteiger partial charge is 0.228 e. The largest absolute Gasteiger partial charge is 0.370 e.